The van der Waals surface area contributed by atoms with E-state index in [1.165, 1.54) is 16.5 Å². The zero-order valence-electron chi connectivity index (χ0n) is 12.0. The van der Waals surface area contributed by atoms with Crippen molar-refractivity contribution < 1.29 is 9.84 Å². The lowest BCUT2D eigenvalue weighted by atomic mass is 9.97. The lowest BCUT2D eigenvalue weighted by Crippen LogP contribution is -2.19. The Morgan fingerprint density at radius 3 is 2.74 bits per heavy atom. The largest absolute Gasteiger partial charge is 0.390 e. The Bertz CT molecular complexity index is 537. The van der Waals surface area contributed by atoms with Gasteiger partial charge in [-0.3, -0.25) is 0 Å². The number of aryl methyl sites for hydroxylation is 1. The minimum absolute atomic E-state index is 0.610. The maximum atomic E-state index is 9.85. The summed E-state index contributed by atoms with van der Waals surface area (Å²) in [5.41, 5.74) is 1.93. The first kappa shape index (κ1) is 14.1. The summed E-state index contributed by atoms with van der Waals surface area (Å²) >= 11 is 0. The van der Waals surface area contributed by atoms with Gasteiger partial charge in [-0.05, 0) is 44.4 Å². The van der Waals surface area contributed by atoms with Gasteiger partial charge in [0, 0.05) is 30.8 Å². The van der Waals surface area contributed by atoms with Crippen LogP contribution in [0.3, 0.4) is 0 Å². The third kappa shape index (κ3) is 3.58. The number of nitrogens with zero attached hydrogens (tertiary/aromatic N) is 1. The van der Waals surface area contributed by atoms with Crippen LogP contribution in [0, 0.1) is 0 Å². The zero-order chi connectivity index (χ0) is 13.9. The van der Waals surface area contributed by atoms with E-state index in [4.69, 9.17) is 4.74 Å². The highest BCUT2D eigenvalue weighted by molar-refractivity contribution is 5.83. The topological polar surface area (TPSA) is 34.4 Å². The number of fused-ring (bicyclic) bond motifs is 1. The summed E-state index contributed by atoms with van der Waals surface area (Å²) in [4.78, 5) is 0. The molecule has 0 aliphatic rings. The van der Waals surface area contributed by atoms with E-state index in [9.17, 15) is 5.11 Å². The minimum Gasteiger partial charge on any atom is -0.390 e. The van der Waals surface area contributed by atoms with Crippen molar-refractivity contribution in [3.8, 4) is 0 Å². The van der Waals surface area contributed by atoms with Crippen molar-refractivity contribution in [3.63, 3.8) is 0 Å². The molecule has 3 heteroatoms. The molecule has 0 aliphatic heterocycles. The van der Waals surface area contributed by atoms with Gasteiger partial charge in [-0.15, -0.1) is 0 Å². The van der Waals surface area contributed by atoms with Crippen LogP contribution in [-0.2, 0) is 17.7 Å². The number of aliphatic hydroxyl groups is 1. The Kier molecular flexibility index (Phi) is 4.27. The van der Waals surface area contributed by atoms with Gasteiger partial charge in [-0.25, -0.2) is 0 Å². The van der Waals surface area contributed by atoms with Crippen molar-refractivity contribution in [1.82, 2.24) is 4.57 Å². The van der Waals surface area contributed by atoms with Gasteiger partial charge in [0.25, 0.3) is 0 Å². The Morgan fingerprint density at radius 2 is 2.05 bits per heavy atom. The third-order valence-electron chi connectivity index (χ3n) is 3.45. The van der Waals surface area contributed by atoms with Crippen LogP contribution in [0.2, 0.25) is 0 Å². The first-order valence-corrected chi connectivity index (χ1v) is 6.79. The summed E-state index contributed by atoms with van der Waals surface area (Å²) in [6.45, 7) is 5.31. The fraction of sp³-hybridized carbons (Fsp3) is 0.500. The lowest BCUT2D eigenvalue weighted by molar-refractivity contribution is 0.0715. The number of rotatable bonds is 6. The van der Waals surface area contributed by atoms with Crippen LogP contribution in [-0.4, -0.2) is 29.0 Å². The molecule has 2 aromatic rings. The van der Waals surface area contributed by atoms with Crippen molar-refractivity contribution in [2.75, 3.05) is 13.7 Å². The van der Waals surface area contributed by atoms with Gasteiger partial charge >= 0.3 is 0 Å². The number of hydrogen-bond donors (Lipinski definition) is 1. The van der Waals surface area contributed by atoms with Crippen molar-refractivity contribution in [3.05, 3.63) is 36.0 Å². The zero-order valence-corrected chi connectivity index (χ0v) is 12.0. The van der Waals surface area contributed by atoms with Crippen molar-refractivity contribution in [1.29, 1.82) is 0 Å². The second kappa shape index (κ2) is 5.76. The maximum Gasteiger partial charge on any atom is 0.0641 e. The number of methoxy groups -OCH3 is 1. The quantitative estimate of drug-likeness (QED) is 0.867. The number of aromatic nitrogens is 1. The Hall–Kier alpha value is -1.32. The molecule has 19 heavy (non-hydrogen) atoms. The fourth-order valence-corrected chi connectivity index (χ4v) is 2.33. The fourth-order valence-electron chi connectivity index (χ4n) is 2.33. The highest BCUT2D eigenvalue weighted by Gasteiger charge is 2.13. The van der Waals surface area contributed by atoms with Gasteiger partial charge in [0.2, 0.25) is 0 Å². The third-order valence-corrected chi connectivity index (χ3v) is 3.45. The molecule has 0 unspecified atom stereocenters. The SMILES string of the molecule is COCCn1ccc2c(CCC(C)(C)O)cccc21. The predicted octanol–water partition coefficient (Wildman–Crippen LogP) is 2.99. The van der Waals surface area contributed by atoms with E-state index in [0.29, 0.717) is 0 Å². The summed E-state index contributed by atoms with van der Waals surface area (Å²) in [5.74, 6) is 0. The second-order valence-corrected chi connectivity index (χ2v) is 5.66. The predicted molar refractivity (Wildman–Crippen MR) is 78.4 cm³/mol. The van der Waals surface area contributed by atoms with Crippen LogP contribution < -0.4 is 0 Å². The maximum absolute atomic E-state index is 9.85. The van der Waals surface area contributed by atoms with Gasteiger partial charge in [-0.2, -0.15) is 0 Å². The van der Waals surface area contributed by atoms with Crippen LogP contribution in [0.25, 0.3) is 10.9 Å². The minimum atomic E-state index is -0.610. The molecule has 0 radical (unpaired) electrons. The Morgan fingerprint density at radius 1 is 1.26 bits per heavy atom. The summed E-state index contributed by atoms with van der Waals surface area (Å²) in [7, 11) is 1.72. The van der Waals surface area contributed by atoms with Crippen LogP contribution in [0.5, 0.6) is 0 Å². The van der Waals surface area contributed by atoms with Crippen LogP contribution in [0.15, 0.2) is 30.5 Å². The Labute approximate surface area is 114 Å². The van der Waals surface area contributed by atoms with Gasteiger partial charge < -0.3 is 14.4 Å². The van der Waals surface area contributed by atoms with E-state index in [1.807, 2.05) is 13.8 Å². The average molecular weight is 261 g/mol. The summed E-state index contributed by atoms with van der Waals surface area (Å²) < 4.78 is 7.35. The van der Waals surface area contributed by atoms with E-state index in [1.54, 1.807) is 7.11 Å². The molecule has 0 amide bonds. The molecule has 104 valence electrons. The molecule has 0 bridgehead atoms. The smallest absolute Gasteiger partial charge is 0.0641 e. The van der Waals surface area contributed by atoms with Gasteiger partial charge in [0.05, 0.1) is 12.2 Å². The average Bonchev–Trinajstić information content (AvgIpc) is 2.76. The van der Waals surface area contributed by atoms with Gasteiger partial charge in [0.15, 0.2) is 0 Å². The molecule has 1 heterocycles. The molecule has 0 fully saturated rings. The molecular formula is C16H23NO2. The monoisotopic (exact) mass is 261 g/mol. The van der Waals surface area contributed by atoms with E-state index >= 15 is 0 Å². The van der Waals surface area contributed by atoms with Gasteiger partial charge in [0.1, 0.15) is 0 Å². The van der Waals surface area contributed by atoms with E-state index < -0.39 is 5.60 Å². The van der Waals surface area contributed by atoms with E-state index in [-0.39, 0.29) is 0 Å². The molecule has 1 N–H and O–H groups in total. The molecule has 0 saturated carbocycles. The highest BCUT2D eigenvalue weighted by atomic mass is 16.5. The van der Waals surface area contributed by atoms with E-state index in [2.05, 4.69) is 35.0 Å². The molecule has 0 spiro atoms. The second-order valence-electron chi connectivity index (χ2n) is 5.66. The standard InChI is InChI=1S/C16H23NO2/c1-16(2,18)9-7-13-5-4-6-15-14(13)8-10-17(15)11-12-19-3/h4-6,8,10,18H,7,9,11-12H2,1-3H3. The lowest BCUT2D eigenvalue weighted by Gasteiger charge is -2.17. The van der Waals surface area contributed by atoms with Gasteiger partial charge in [-0.1, -0.05) is 12.1 Å². The van der Waals surface area contributed by atoms with E-state index in [0.717, 1.165) is 26.0 Å². The molecule has 2 rings (SSSR count). The van der Waals surface area contributed by atoms with Crippen molar-refractivity contribution in [2.24, 2.45) is 0 Å². The van der Waals surface area contributed by atoms with Crippen LogP contribution in [0.4, 0.5) is 0 Å². The number of ether oxygens (including phenoxy) is 1. The molecule has 0 atom stereocenters. The molecule has 3 nitrogen and oxygen atoms in total. The molecule has 0 saturated heterocycles. The molecular weight excluding hydrogens is 238 g/mol. The molecule has 1 aromatic carbocycles. The molecule has 1 aromatic heterocycles. The van der Waals surface area contributed by atoms with Crippen molar-refractivity contribution in [2.45, 2.75) is 38.8 Å². The van der Waals surface area contributed by atoms with Crippen LogP contribution in [0.1, 0.15) is 25.8 Å². The summed E-state index contributed by atoms with van der Waals surface area (Å²) in [6.07, 6.45) is 3.78. The highest BCUT2D eigenvalue weighted by Crippen LogP contribution is 2.23. The molecule has 0 aliphatic carbocycles. The van der Waals surface area contributed by atoms with Crippen LogP contribution >= 0.6 is 0 Å². The Balaban J connectivity index is 2.23. The summed E-state index contributed by atoms with van der Waals surface area (Å²) in [6, 6.07) is 8.53. The summed E-state index contributed by atoms with van der Waals surface area (Å²) in [5, 5.41) is 11.1. The number of benzene rings is 1. The first-order valence-electron chi connectivity index (χ1n) is 6.79. The first-order chi connectivity index (χ1) is 9.01. The number of hydrogen-bond acceptors (Lipinski definition) is 2. The normalized spacial score (nSPS) is 12.2. The van der Waals surface area contributed by atoms with Crippen molar-refractivity contribution >= 4 is 10.9 Å².